The topological polar surface area (TPSA) is 99.1 Å². The number of amides is 1. The van der Waals surface area contributed by atoms with Gasteiger partial charge in [0.1, 0.15) is 6.20 Å². The second kappa shape index (κ2) is 5.11. The number of hydrogen-bond acceptors (Lipinski definition) is 5. The van der Waals surface area contributed by atoms with Crippen LogP contribution in [0.4, 0.5) is 5.69 Å². The van der Waals surface area contributed by atoms with Crippen LogP contribution in [0.5, 0.6) is 0 Å². The Kier molecular flexibility index (Phi) is 3.51. The van der Waals surface area contributed by atoms with Gasteiger partial charge in [-0.2, -0.15) is 10.2 Å². The number of aromatic nitrogens is 4. The molecule has 20 heavy (non-hydrogen) atoms. The maximum Gasteiger partial charge on any atom is 0.320 e. The molecule has 0 unspecified atom stereocenters. The predicted molar refractivity (Wildman–Crippen MR) is 68.9 cm³/mol. The molecule has 0 aromatic carbocycles. The molecule has 2 aromatic heterocycles. The van der Waals surface area contributed by atoms with Crippen molar-refractivity contribution in [3.05, 3.63) is 40.0 Å². The third kappa shape index (κ3) is 2.51. The molecule has 0 atom stereocenters. The lowest BCUT2D eigenvalue weighted by Crippen LogP contribution is -2.28. The molecule has 0 saturated heterocycles. The predicted octanol–water partition coefficient (Wildman–Crippen LogP) is 0.334. The molecule has 0 spiro atoms. The van der Waals surface area contributed by atoms with E-state index in [0.29, 0.717) is 6.54 Å². The molecule has 9 nitrogen and oxygen atoms in total. The summed E-state index contributed by atoms with van der Waals surface area (Å²) >= 11 is 0. The van der Waals surface area contributed by atoms with Crippen LogP contribution >= 0.6 is 0 Å². The summed E-state index contributed by atoms with van der Waals surface area (Å²) in [6, 6.07) is 0. The molecule has 0 fully saturated rings. The Labute approximate surface area is 114 Å². The minimum absolute atomic E-state index is 0.0404. The molecule has 0 aliphatic carbocycles. The first-order valence-electron chi connectivity index (χ1n) is 5.79. The maximum absolute atomic E-state index is 12.3. The van der Waals surface area contributed by atoms with Gasteiger partial charge < -0.3 is 4.90 Å². The molecule has 2 aromatic rings. The highest BCUT2D eigenvalue weighted by molar-refractivity contribution is 5.96. The smallest absolute Gasteiger partial charge is 0.320 e. The van der Waals surface area contributed by atoms with Crippen LogP contribution in [0.15, 0.2) is 18.6 Å². The van der Waals surface area contributed by atoms with E-state index in [-0.39, 0.29) is 11.4 Å². The molecule has 0 aliphatic heterocycles. The molecule has 2 heterocycles. The Bertz CT molecular complexity index is 659. The van der Waals surface area contributed by atoms with Crippen LogP contribution in [-0.2, 0) is 20.6 Å². The van der Waals surface area contributed by atoms with Gasteiger partial charge in [0.25, 0.3) is 5.91 Å². The molecule has 9 heteroatoms. The van der Waals surface area contributed by atoms with Crippen molar-refractivity contribution in [1.29, 1.82) is 0 Å². The van der Waals surface area contributed by atoms with Crippen molar-refractivity contribution in [2.75, 3.05) is 7.05 Å². The first-order valence-corrected chi connectivity index (χ1v) is 5.79. The summed E-state index contributed by atoms with van der Waals surface area (Å²) in [6.07, 6.45) is 4.49. The van der Waals surface area contributed by atoms with E-state index < -0.39 is 10.8 Å². The van der Waals surface area contributed by atoms with Gasteiger partial charge in [-0.25, -0.2) is 0 Å². The summed E-state index contributed by atoms with van der Waals surface area (Å²) in [4.78, 5) is 24.0. The summed E-state index contributed by atoms with van der Waals surface area (Å²) in [5, 5.41) is 18.7. The Morgan fingerprint density at radius 3 is 2.65 bits per heavy atom. The van der Waals surface area contributed by atoms with Gasteiger partial charge in [-0.3, -0.25) is 24.3 Å². The third-order valence-corrected chi connectivity index (χ3v) is 2.84. The second-order valence-electron chi connectivity index (χ2n) is 4.44. The fraction of sp³-hybridized carbons (Fsp3) is 0.364. The van der Waals surface area contributed by atoms with E-state index in [1.165, 1.54) is 16.6 Å². The number of hydrogen-bond donors (Lipinski definition) is 0. The highest BCUT2D eigenvalue weighted by atomic mass is 16.6. The lowest BCUT2D eigenvalue weighted by molar-refractivity contribution is -0.385. The van der Waals surface area contributed by atoms with Crippen molar-refractivity contribution in [2.24, 2.45) is 14.1 Å². The molecule has 0 radical (unpaired) electrons. The minimum atomic E-state index is -0.613. The molecule has 0 N–H and O–H groups in total. The van der Waals surface area contributed by atoms with Crippen LogP contribution in [0, 0.1) is 10.1 Å². The Balaban J connectivity index is 2.22. The average molecular weight is 278 g/mol. The van der Waals surface area contributed by atoms with Crippen molar-refractivity contribution in [3.8, 4) is 0 Å². The van der Waals surface area contributed by atoms with Gasteiger partial charge in [0, 0.05) is 39.4 Å². The molecule has 106 valence electrons. The summed E-state index contributed by atoms with van der Waals surface area (Å²) in [7, 11) is 4.85. The largest absolute Gasteiger partial charge is 0.336 e. The number of aryl methyl sites for hydroxylation is 2. The number of nitro groups is 1. The second-order valence-corrected chi connectivity index (χ2v) is 4.44. The van der Waals surface area contributed by atoms with Gasteiger partial charge in [0.05, 0.1) is 11.1 Å². The van der Waals surface area contributed by atoms with Crippen LogP contribution in [0.3, 0.4) is 0 Å². The SMILES string of the molecule is CN(Cc1cnn(C)c1)C(=O)c1c([N+](=O)[O-])cnn1C. The standard InChI is InChI=1S/C11H14N6O3/c1-14(6-8-4-12-15(2)7-8)11(18)10-9(17(19)20)5-13-16(10)3/h4-5,7H,6H2,1-3H3. The monoisotopic (exact) mass is 278 g/mol. The quantitative estimate of drug-likeness (QED) is 0.593. The van der Waals surface area contributed by atoms with E-state index in [2.05, 4.69) is 10.2 Å². The zero-order valence-corrected chi connectivity index (χ0v) is 11.3. The van der Waals surface area contributed by atoms with E-state index in [4.69, 9.17) is 0 Å². The van der Waals surface area contributed by atoms with Gasteiger partial charge >= 0.3 is 5.69 Å². The van der Waals surface area contributed by atoms with E-state index in [1.807, 2.05) is 0 Å². The first-order chi connectivity index (χ1) is 9.40. The number of nitrogens with zero attached hydrogens (tertiary/aromatic N) is 6. The van der Waals surface area contributed by atoms with E-state index in [0.717, 1.165) is 11.8 Å². The van der Waals surface area contributed by atoms with Crippen molar-refractivity contribution >= 4 is 11.6 Å². The molecule has 0 saturated carbocycles. The fourth-order valence-corrected chi connectivity index (χ4v) is 1.89. The molecule has 0 aliphatic rings. The minimum Gasteiger partial charge on any atom is -0.336 e. The van der Waals surface area contributed by atoms with Gasteiger partial charge in [-0.1, -0.05) is 0 Å². The van der Waals surface area contributed by atoms with Gasteiger partial charge in [-0.15, -0.1) is 0 Å². The molecule has 0 bridgehead atoms. The highest BCUT2D eigenvalue weighted by Gasteiger charge is 2.27. The molecular formula is C11H14N6O3. The summed E-state index contributed by atoms with van der Waals surface area (Å²) in [5.74, 6) is -0.458. The zero-order chi connectivity index (χ0) is 14.9. The van der Waals surface area contributed by atoms with Crippen molar-refractivity contribution in [3.63, 3.8) is 0 Å². The molecule has 1 amide bonds. The number of rotatable bonds is 4. The van der Waals surface area contributed by atoms with Crippen LogP contribution in [0.1, 0.15) is 16.1 Å². The highest BCUT2D eigenvalue weighted by Crippen LogP contribution is 2.19. The summed E-state index contributed by atoms with van der Waals surface area (Å²) < 4.78 is 2.83. The van der Waals surface area contributed by atoms with E-state index in [9.17, 15) is 14.9 Å². The van der Waals surface area contributed by atoms with Crippen LogP contribution in [-0.4, -0.2) is 42.3 Å². The third-order valence-electron chi connectivity index (χ3n) is 2.84. The van der Waals surface area contributed by atoms with Crippen molar-refractivity contribution in [2.45, 2.75) is 6.54 Å². The first kappa shape index (κ1) is 13.7. The maximum atomic E-state index is 12.3. The van der Waals surface area contributed by atoms with Gasteiger partial charge in [-0.05, 0) is 0 Å². The van der Waals surface area contributed by atoms with Crippen molar-refractivity contribution in [1.82, 2.24) is 24.5 Å². The van der Waals surface area contributed by atoms with Crippen molar-refractivity contribution < 1.29 is 9.72 Å². The van der Waals surface area contributed by atoms with E-state index >= 15 is 0 Å². The number of carbonyl (C=O) groups is 1. The Morgan fingerprint density at radius 1 is 1.40 bits per heavy atom. The van der Waals surface area contributed by atoms with Crippen LogP contribution in [0.2, 0.25) is 0 Å². The van der Waals surface area contributed by atoms with Crippen LogP contribution in [0.25, 0.3) is 0 Å². The number of carbonyl (C=O) groups excluding carboxylic acids is 1. The normalized spacial score (nSPS) is 10.6. The molecular weight excluding hydrogens is 264 g/mol. The van der Waals surface area contributed by atoms with Gasteiger partial charge in [0.15, 0.2) is 0 Å². The van der Waals surface area contributed by atoms with Crippen LogP contribution < -0.4 is 0 Å². The Morgan fingerprint density at radius 2 is 2.10 bits per heavy atom. The summed E-state index contributed by atoms with van der Waals surface area (Å²) in [6.45, 7) is 0.314. The Hall–Kier alpha value is -2.71. The zero-order valence-electron chi connectivity index (χ0n) is 11.3. The fourth-order valence-electron chi connectivity index (χ4n) is 1.89. The van der Waals surface area contributed by atoms with Gasteiger partial charge in [0.2, 0.25) is 5.69 Å². The lowest BCUT2D eigenvalue weighted by atomic mass is 10.3. The summed E-state index contributed by atoms with van der Waals surface area (Å²) in [5.41, 5.74) is 0.505. The molecule has 2 rings (SSSR count). The van der Waals surface area contributed by atoms with E-state index in [1.54, 1.807) is 31.2 Å². The lowest BCUT2D eigenvalue weighted by Gasteiger charge is -2.15. The average Bonchev–Trinajstić information content (AvgIpc) is 2.94.